The predicted molar refractivity (Wildman–Crippen MR) is 171 cm³/mol. The van der Waals surface area contributed by atoms with Crippen molar-refractivity contribution < 1.29 is 29.0 Å². The fourth-order valence-corrected chi connectivity index (χ4v) is 7.78. The molecule has 0 spiro atoms. The number of hydrogen-bond donors (Lipinski definition) is 4. The zero-order valence-corrected chi connectivity index (χ0v) is 24.4. The second-order valence-electron chi connectivity index (χ2n) is 12.0. The number of aliphatic hydroxyl groups is 1. The Morgan fingerprint density at radius 1 is 0.891 bits per heavy atom. The lowest BCUT2D eigenvalue weighted by Gasteiger charge is -2.38. The topological polar surface area (TPSA) is 144 Å². The van der Waals surface area contributed by atoms with Gasteiger partial charge in [-0.25, -0.2) is 0 Å². The number of ether oxygens (including phenoxy) is 1. The Morgan fingerprint density at radius 2 is 1.46 bits per heavy atom. The lowest BCUT2D eigenvalue weighted by atomic mass is 9.87. The first-order chi connectivity index (χ1) is 22.2. The molecule has 11 heteroatoms. The average molecular weight is 612 g/mol. The summed E-state index contributed by atoms with van der Waals surface area (Å²) in [6, 6.07) is 21.6. The number of carbonyl (C=O) groups excluding carboxylic acids is 4. The van der Waals surface area contributed by atoms with E-state index in [0.717, 1.165) is 17.0 Å². The molecule has 1 unspecified atom stereocenters. The van der Waals surface area contributed by atoms with Crippen LogP contribution < -0.4 is 16.0 Å². The molecule has 2 bridgehead atoms. The summed E-state index contributed by atoms with van der Waals surface area (Å²) in [6.07, 6.45) is 0.149. The van der Waals surface area contributed by atoms with E-state index in [4.69, 9.17) is 4.74 Å². The minimum absolute atomic E-state index is 0.139. The van der Waals surface area contributed by atoms with Crippen molar-refractivity contribution >= 4 is 78.6 Å². The zero-order valence-electron chi connectivity index (χ0n) is 24.4. The molecule has 0 aliphatic carbocycles. The smallest absolute Gasteiger partial charge is 0.261 e. The van der Waals surface area contributed by atoms with Crippen molar-refractivity contribution in [1.82, 2.24) is 14.5 Å². The van der Waals surface area contributed by atoms with Gasteiger partial charge in [0, 0.05) is 28.0 Å². The highest BCUT2D eigenvalue weighted by atomic mass is 16.6. The summed E-state index contributed by atoms with van der Waals surface area (Å²) in [5.41, 5.74) is -0.0715. The monoisotopic (exact) mass is 611 g/mol. The fraction of sp³-hybridized carbons (Fsp3) is 0.143. The van der Waals surface area contributed by atoms with Crippen LogP contribution in [0.15, 0.2) is 85.5 Å². The first-order valence-corrected chi connectivity index (χ1v) is 14.8. The van der Waals surface area contributed by atoms with Gasteiger partial charge in [0.15, 0.2) is 11.3 Å². The van der Waals surface area contributed by atoms with Crippen LogP contribution in [0, 0.1) is 0 Å². The summed E-state index contributed by atoms with van der Waals surface area (Å²) in [4.78, 5) is 53.5. The Morgan fingerprint density at radius 3 is 2.13 bits per heavy atom. The molecule has 3 aliphatic heterocycles. The maximum Gasteiger partial charge on any atom is 0.261 e. The van der Waals surface area contributed by atoms with E-state index in [1.807, 2.05) is 57.7 Å². The Labute approximate surface area is 260 Å². The van der Waals surface area contributed by atoms with Crippen molar-refractivity contribution in [2.24, 2.45) is 0 Å². The summed E-state index contributed by atoms with van der Waals surface area (Å²) in [6.45, 7) is 5.16. The van der Waals surface area contributed by atoms with E-state index in [0.29, 0.717) is 44.0 Å². The molecule has 0 saturated carbocycles. The van der Waals surface area contributed by atoms with Gasteiger partial charge in [-0.15, -0.1) is 0 Å². The highest BCUT2D eigenvalue weighted by Crippen LogP contribution is 2.57. The van der Waals surface area contributed by atoms with Gasteiger partial charge < -0.3 is 29.6 Å². The number of nitrogens with one attached hydrogen (secondary N) is 3. The lowest BCUT2D eigenvalue weighted by Crippen LogP contribution is -2.57. The number of anilines is 2. The van der Waals surface area contributed by atoms with Gasteiger partial charge in [-0.3, -0.25) is 24.5 Å². The summed E-state index contributed by atoms with van der Waals surface area (Å²) in [5.74, 6) is -2.18. The van der Waals surface area contributed by atoms with Crippen molar-refractivity contribution in [2.75, 3.05) is 10.6 Å². The Kier molecular flexibility index (Phi) is 5.02. The number of carbonyl (C=O) groups is 4. The summed E-state index contributed by atoms with van der Waals surface area (Å²) in [7, 11) is 0. The molecule has 46 heavy (non-hydrogen) atoms. The zero-order chi connectivity index (χ0) is 31.7. The third-order valence-corrected chi connectivity index (χ3v) is 9.75. The predicted octanol–water partition coefficient (Wildman–Crippen LogP) is 4.89. The summed E-state index contributed by atoms with van der Waals surface area (Å²) < 4.78 is 10.6. The summed E-state index contributed by atoms with van der Waals surface area (Å²) >= 11 is 0. The molecule has 6 aromatic rings. The third-order valence-electron chi connectivity index (χ3n) is 9.75. The van der Waals surface area contributed by atoms with E-state index in [-0.39, 0.29) is 17.7 Å². The van der Waals surface area contributed by atoms with Crippen molar-refractivity contribution in [3.63, 3.8) is 0 Å². The van der Waals surface area contributed by atoms with Gasteiger partial charge in [-0.1, -0.05) is 55.1 Å². The van der Waals surface area contributed by atoms with Gasteiger partial charge >= 0.3 is 0 Å². The number of imide groups is 1. The molecule has 226 valence electrons. The average Bonchev–Trinajstić information content (AvgIpc) is 3.72. The van der Waals surface area contributed by atoms with Crippen LogP contribution in [-0.2, 0) is 20.1 Å². The molecular weight excluding hydrogens is 586 g/mol. The normalized spacial score (nSPS) is 22.9. The lowest BCUT2D eigenvalue weighted by molar-refractivity contribution is -0.183. The molecule has 5 heterocycles. The van der Waals surface area contributed by atoms with Crippen molar-refractivity contribution in [1.29, 1.82) is 0 Å². The molecule has 4 aromatic carbocycles. The van der Waals surface area contributed by atoms with Gasteiger partial charge in [0.1, 0.15) is 6.23 Å². The van der Waals surface area contributed by atoms with Gasteiger partial charge in [-0.2, -0.15) is 0 Å². The number of hydrogen-bond acceptors (Lipinski definition) is 6. The number of rotatable bonds is 4. The number of nitrogens with zero attached hydrogens (tertiary/aromatic N) is 2. The van der Waals surface area contributed by atoms with E-state index in [2.05, 4.69) is 22.5 Å². The first-order valence-electron chi connectivity index (χ1n) is 14.8. The minimum atomic E-state index is -2.16. The number of fused-ring (bicyclic) bond motifs is 13. The molecule has 9 rings (SSSR count). The third kappa shape index (κ3) is 3.03. The van der Waals surface area contributed by atoms with Gasteiger partial charge in [0.2, 0.25) is 5.91 Å². The van der Waals surface area contributed by atoms with Crippen molar-refractivity contribution in [3.05, 3.63) is 96.6 Å². The van der Waals surface area contributed by atoms with Crippen LogP contribution in [-0.4, -0.2) is 43.5 Å². The van der Waals surface area contributed by atoms with Crippen LogP contribution in [0.25, 0.3) is 43.6 Å². The molecule has 3 atom stereocenters. The molecule has 1 fully saturated rings. The van der Waals surface area contributed by atoms with Crippen LogP contribution >= 0.6 is 0 Å². The van der Waals surface area contributed by atoms with E-state index in [1.165, 1.54) is 0 Å². The van der Waals surface area contributed by atoms with Crippen LogP contribution in [0.4, 0.5) is 11.4 Å². The number of aromatic nitrogens is 2. The van der Waals surface area contributed by atoms with Gasteiger partial charge in [0.25, 0.3) is 17.7 Å². The number of amides is 4. The summed E-state index contributed by atoms with van der Waals surface area (Å²) in [5, 5.41) is 23.3. The van der Waals surface area contributed by atoms with Crippen LogP contribution in [0.1, 0.15) is 40.3 Å². The highest BCUT2D eigenvalue weighted by molar-refractivity contribution is 6.39. The van der Waals surface area contributed by atoms with E-state index >= 15 is 0 Å². The van der Waals surface area contributed by atoms with E-state index < -0.39 is 41.2 Å². The fourth-order valence-electron chi connectivity index (χ4n) is 7.78. The van der Waals surface area contributed by atoms with Crippen LogP contribution in [0.5, 0.6) is 0 Å². The van der Waals surface area contributed by atoms with Crippen LogP contribution in [0.3, 0.4) is 0 Å². The Balaban J connectivity index is 1.37. The molecule has 3 aliphatic rings. The second kappa shape index (κ2) is 8.68. The molecule has 4 N–H and O–H groups in total. The van der Waals surface area contributed by atoms with Crippen LogP contribution in [0.2, 0.25) is 0 Å². The van der Waals surface area contributed by atoms with Crippen molar-refractivity contribution in [3.8, 4) is 0 Å². The highest BCUT2D eigenvalue weighted by Gasteiger charge is 2.65. The SMILES string of the molecule is C=CC(=O)Nc1ccccc1NC(=O)[C@@]1(O)CC2O[C@]1(C)n1c3ccccc3c3c4c(c5c6ccccc6n2c5c31)C(=O)NC4=O. The standard InChI is InChI=1S/C35H25N5O6/c1-3-23(41)36-19-12-6-7-13-20(19)37-33(44)35(45)16-24-39-21-14-8-4-10-17(21)25-27-28(32(43)38-31(27)42)26-18-11-5-9-15-22(18)40(30(26)29(25)39)34(35,2)46-24/h3-15,24,45H,1,16H2,2H3,(H,36,41)(H,37,44)(H,38,42,43)/t24?,34-,35-/m0/s1. The first kappa shape index (κ1) is 26.6. The van der Waals surface area contributed by atoms with Crippen molar-refractivity contribution in [2.45, 2.75) is 30.9 Å². The van der Waals surface area contributed by atoms with E-state index in [9.17, 15) is 24.3 Å². The molecule has 2 aromatic heterocycles. The van der Waals surface area contributed by atoms with E-state index in [1.54, 1.807) is 31.2 Å². The largest absolute Gasteiger partial charge is 0.376 e. The molecule has 0 radical (unpaired) electrons. The second-order valence-corrected chi connectivity index (χ2v) is 12.0. The quantitative estimate of drug-likeness (QED) is 0.165. The molecule has 1 saturated heterocycles. The molecule has 4 amide bonds. The Hall–Kier alpha value is -5.78. The number of benzene rings is 4. The molecular formula is C35H25N5O6. The Bertz CT molecular complexity index is 2460. The maximum atomic E-state index is 14.4. The molecule has 11 nitrogen and oxygen atoms in total. The number of para-hydroxylation sites is 4. The minimum Gasteiger partial charge on any atom is -0.376 e. The van der Waals surface area contributed by atoms with Gasteiger partial charge in [-0.05, 0) is 37.3 Å². The van der Waals surface area contributed by atoms with Gasteiger partial charge in [0.05, 0.1) is 44.6 Å². The maximum absolute atomic E-state index is 14.4.